The van der Waals surface area contributed by atoms with E-state index in [1.807, 2.05) is 27.2 Å². The highest BCUT2D eigenvalue weighted by molar-refractivity contribution is 7.47. The first-order valence-corrected chi connectivity index (χ1v) is 22.2. The Balaban J connectivity index is 4.53. The second-order valence-electron chi connectivity index (χ2n) is 15.4. The number of likely N-dealkylation sites (N-methyl/N-ethyl adjacent to an activating group) is 1. The quantitative estimate of drug-likeness (QED) is 0.0254. The molecule has 3 N–H and O–H groups in total. The van der Waals surface area contributed by atoms with Gasteiger partial charge in [-0.05, 0) is 32.1 Å². The van der Waals surface area contributed by atoms with Gasteiger partial charge in [0.05, 0.1) is 39.9 Å². The highest BCUT2D eigenvalue weighted by Gasteiger charge is 2.27. The van der Waals surface area contributed by atoms with Crippen molar-refractivity contribution in [2.24, 2.45) is 0 Å². The predicted octanol–water partition coefficient (Wildman–Crippen LogP) is 11.0. The highest BCUT2D eigenvalue weighted by atomic mass is 31.2. The Morgan fingerprint density at radius 2 is 1.10 bits per heavy atom. The Hall–Kier alpha value is -1.02. The van der Waals surface area contributed by atoms with Gasteiger partial charge in [-0.25, -0.2) is 4.57 Å². The number of unbranched alkanes of at least 4 members (excludes halogenated alkanes) is 22. The maximum Gasteiger partial charge on any atom is 0.472 e. The van der Waals surface area contributed by atoms with E-state index in [1.165, 1.54) is 122 Å². The normalized spacial score (nSPS) is 14.8. The van der Waals surface area contributed by atoms with E-state index in [0.717, 1.165) is 38.5 Å². The number of carbonyl (C=O) groups excluding carboxylic acids is 1. The van der Waals surface area contributed by atoms with Crippen molar-refractivity contribution < 1.29 is 32.9 Å². The van der Waals surface area contributed by atoms with Gasteiger partial charge in [0.15, 0.2) is 0 Å². The summed E-state index contributed by atoms with van der Waals surface area (Å²) < 4.78 is 23.5. The van der Waals surface area contributed by atoms with Gasteiger partial charge in [-0.15, -0.1) is 0 Å². The minimum Gasteiger partial charge on any atom is -0.387 e. The van der Waals surface area contributed by atoms with Crippen LogP contribution in [0.5, 0.6) is 0 Å². The molecule has 0 saturated heterocycles. The van der Waals surface area contributed by atoms with Crippen molar-refractivity contribution in [3.8, 4) is 0 Å². The molecule has 296 valence electrons. The van der Waals surface area contributed by atoms with Crippen LogP contribution in [-0.4, -0.2) is 73.4 Å². The first-order valence-electron chi connectivity index (χ1n) is 20.7. The fourth-order valence-electron chi connectivity index (χ4n) is 5.82. The van der Waals surface area contributed by atoms with Crippen LogP contribution in [0.3, 0.4) is 0 Å². The Labute approximate surface area is 309 Å². The van der Waals surface area contributed by atoms with E-state index >= 15 is 0 Å². The topological polar surface area (TPSA) is 105 Å². The Bertz CT molecular complexity index is 876. The van der Waals surface area contributed by atoms with E-state index in [4.69, 9.17) is 9.05 Å². The summed E-state index contributed by atoms with van der Waals surface area (Å²) in [5, 5.41) is 13.8. The summed E-state index contributed by atoms with van der Waals surface area (Å²) in [5.41, 5.74) is 0. The molecule has 0 aliphatic carbocycles. The lowest BCUT2D eigenvalue weighted by atomic mass is 10.0. The first-order chi connectivity index (χ1) is 24.0. The van der Waals surface area contributed by atoms with Crippen LogP contribution in [0, 0.1) is 0 Å². The smallest absolute Gasteiger partial charge is 0.387 e. The summed E-state index contributed by atoms with van der Waals surface area (Å²) in [6, 6.07) is -0.856. The third kappa shape index (κ3) is 35.4. The molecule has 8 nitrogen and oxygen atoms in total. The molecule has 0 fully saturated rings. The summed E-state index contributed by atoms with van der Waals surface area (Å²) in [6.45, 7) is 4.78. The lowest BCUT2D eigenvalue weighted by Crippen LogP contribution is -2.45. The van der Waals surface area contributed by atoms with Gasteiger partial charge in [-0.1, -0.05) is 167 Å². The van der Waals surface area contributed by atoms with Gasteiger partial charge in [-0.3, -0.25) is 13.8 Å². The SMILES string of the molecule is CCCCCCCCCCCC/C=C/CC/C=C/C(O)C(COP(=O)(O)OCC[N+](C)(C)C)NC(=O)CCCCCCCCCCCCCC. The third-order valence-electron chi connectivity index (χ3n) is 9.17. The molecule has 0 aliphatic heterocycles. The molecule has 0 aromatic carbocycles. The standard InChI is InChI=1S/C41H81N2O6P/c1-6-8-10-12-14-16-18-20-21-22-23-24-26-28-30-32-34-40(44)39(38-49-50(46,47)48-37-36-43(3,4)5)42-41(45)35-33-31-29-27-25-19-17-15-13-11-9-7-2/h24,26,32,34,39-40,44H,6-23,25,27-31,33,35-38H2,1-5H3,(H-,42,45,46,47)/p+1/b26-24+,34-32+. The third-order valence-corrected chi connectivity index (χ3v) is 10.2. The van der Waals surface area contributed by atoms with Crippen molar-refractivity contribution >= 4 is 13.7 Å². The molecule has 0 radical (unpaired) electrons. The molecule has 0 heterocycles. The minimum atomic E-state index is -4.33. The number of amides is 1. The molecule has 50 heavy (non-hydrogen) atoms. The average Bonchev–Trinajstić information content (AvgIpc) is 3.06. The van der Waals surface area contributed by atoms with Gasteiger partial charge >= 0.3 is 7.82 Å². The zero-order chi connectivity index (χ0) is 37.2. The lowest BCUT2D eigenvalue weighted by Gasteiger charge is -2.25. The van der Waals surface area contributed by atoms with E-state index in [9.17, 15) is 19.4 Å². The number of quaternary nitrogens is 1. The second kappa shape index (κ2) is 33.8. The number of aliphatic hydroxyl groups excluding tert-OH is 1. The van der Waals surface area contributed by atoms with E-state index in [1.54, 1.807) is 6.08 Å². The van der Waals surface area contributed by atoms with Crippen LogP contribution >= 0.6 is 7.82 Å². The predicted molar refractivity (Wildman–Crippen MR) is 212 cm³/mol. The molecule has 1 amide bonds. The second-order valence-corrected chi connectivity index (χ2v) is 16.8. The fraction of sp³-hybridized carbons (Fsp3) is 0.878. The van der Waals surface area contributed by atoms with Crippen molar-refractivity contribution in [2.75, 3.05) is 40.9 Å². The van der Waals surface area contributed by atoms with Crippen molar-refractivity contribution in [1.29, 1.82) is 0 Å². The van der Waals surface area contributed by atoms with Crippen molar-refractivity contribution in [2.45, 2.75) is 193 Å². The van der Waals surface area contributed by atoms with Crippen LogP contribution in [0.2, 0.25) is 0 Å². The van der Waals surface area contributed by atoms with Gasteiger partial charge in [0.2, 0.25) is 5.91 Å². The Morgan fingerprint density at radius 3 is 1.60 bits per heavy atom. The number of phosphoric ester groups is 1. The van der Waals surface area contributed by atoms with Gasteiger partial charge in [0.1, 0.15) is 13.2 Å². The van der Waals surface area contributed by atoms with Gasteiger partial charge in [-0.2, -0.15) is 0 Å². The molecular formula is C41H82N2O6P+. The molecule has 0 aliphatic rings. The molecule has 0 spiro atoms. The molecule has 0 saturated carbocycles. The van der Waals surface area contributed by atoms with Crippen LogP contribution in [0.4, 0.5) is 0 Å². The number of aliphatic hydroxyl groups is 1. The van der Waals surface area contributed by atoms with Gasteiger partial charge in [0, 0.05) is 6.42 Å². The number of rotatable bonds is 37. The summed E-state index contributed by atoms with van der Waals surface area (Å²) in [4.78, 5) is 23.0. The van der Waals surface area contributed by atoms with Crippen LogP contribution in [0.25, 0.3) is 0 Å². The molecule has 0 aromatic rings. The maximum absolute atomic E-state index is 12.8. The van der Waals surface area contributed by atoms with Crippen LogP contribution < -0.4 is 5.32 Å². The van der Waals surface area contributed by atoms with Gasteiger partial charge < -0.3 is 19.8 Å². The van der Waals surface area contributed by atoms with Crippen molar-refractivity contribution in [1.82, 2.24) is 5.32 Å². The zero-order valence-electron chi connectivity index (χ0n) is 33.4. The number of hydrogen-bond donors (Lipinski definition) is 3. The molecule has 3 unspecified atom stereocenters. The molecule has 0 aromatic heterocycles. The monoisotopic (exact) mass is 730 g/mol. The number of carbonyl (C=O) groups is 1. The van der Waals surface area contributed by atoms with Crippen LogP contribution in [-0.2, 0) is 18.4 Å². The van der Waals surface area contributed by atoms with Crippen LogP contribution in [0.1, 0.15) is 181 Å². The van der Waals surface area contributed by atoms with Crippen molar-refractivity contribution in [3.63, 3.8) is 0 Å². The number of nitrogens with one attached hydrogen (secondary N) is 1. The van der Waals surface area contributed by atoms with E-state index < -0.39 is 20.0 Å². The fourth-order valence-corrected chi connectivity index (χ4v) is 6.56. The molecule has 0 rings (SSSR count). The van der Waals surface area contributed by atoms with E-state index in [2.05, 4.69) is 31.3 Å². The lowest BCUT2D eigenvalue weighted by molar-refractivity contribution is -0.870. The Kier molecular flexibility index (Phi) is 33.1. The summed E-state index contributed by atoms with van der Waals surface area (Å²) in [7, 11) is 1.56. The summed E-state index contributed by atoms with van der Waals surface area (Å²) in [6.07, 6.45) is 38.1. The first kappa shape index (κ1) is 49.0. The largest absolute Gasteiger partial charge is 0.472 e. The van der Waals surface area contributed by atoms with Crippen LogP contribution in [0.15, 0.2) is 24.3 Å². The molecular weight excluding hydrogens is 647 g/mol. The van der Waals surface area contributed by atoms with Gasteiger partial charge in [0.25, 0.3) is 0 Å². The molecule has 0 bridgehead atoms. The summed E-state index contributed by atoms with van der Waals surface area (Å²) >= 11 is 0. The number of allylic oxidation sites excluding steroid dienone is 3. The zero-order valence-corrected chi connectivity index (χ0v) is 34.3. The highest BCUT2D eigenvalue weighted by Crippen LogP contribution is 2.43. The minimum absolute atomic E-state index is 0.0580. The average molecular weight is 730 g/mol. The van der Waals surface area contributed by atoms with Crippen molar-refractivity contribution in [3.05, 3.63) is 24.3 Å². The summed E-state index contributed by atoms with van der Waals surface area (Å²) in [5.74, 6) is -0.188. The Morgan fingerprint density at radius 1 is 0.660 bits per heavy atom. The number of phosphoric acid groups is 1. The van der Waals surface area contributed by atoms with E-state index in [0.29, 0.717) is 17.4 Å². The molecule has 3 atom stereocenters. The van der Waals surface area contributed by atoms with E-state index in [-0.39, 0.29) is 19.1 Å². The number of hydrogen-bond acceptors (Lipinski definition) is 5. The molecule has 9 heteroatoms. The maximum atomic E-state index is 12.8. The number of nitrogens with zero attached hydrogens (tertiary/aromatic N) is 1.